The van der Waals surface area contributed by atoms with Crippen molar-refractivity contribution in [1.82, 2.24) is 4.72 Å². The lowest BCUT2D eigenvalue weighted by Crippen LogP contribution is -2.26. The van der Waals surface area contributed by atoms with Crippen LogP contribution in [0.2, 0.25) is 0 Å². The molecule has 2 rings (SSSR count). The van der Waals surface area contributed by atoms with Crippen LogP contribution in [0.15, 0.2) is 29.2 Å². The summed E-state index contributed by atoms with van der Waals surface area (Å²) in [6, 6.07) is 6.63. The number of nitrogens with one attached hydrogen (secondary N) is 1. The fraction of sp³-hybridized carbons (Fsp3) is 0.417. The van der Waals surface area contributed by atoms with Gasteiger partial charge in [-0.15, -0.1) is 0 Å². The van der Waals surface area contributed by atoms with Gasteiger partial charge in [0.05, 0.1) is 11.6 Å². The zero-order valence-electron chi connectivity index (χ0n) is 10.5. The third kappa shape index (κ3) is 2.71. The van der Waals surface area contributed by atoms with Crippen molar-refractivity contribution in [3.63, 3.8) is 0 Å². The Bertz CT molecular complexity index is 585. The molecule has 104 valence electrons. The van der Waals surface area contributed by atoms with Crippen molar-refractivity contribution in [3.8, 4) is 0 Å². The monoisotopic (exact) mass is 284 g/mol. The molecule has 7 heteroatoms. The molecule has 19 heavy (non-hydrogen) atoms. The first-order valence-corrected chi connectivity index (χ1v) is 7.44. The molecule has 1 unspecified atom stereocenters. The lowest BCUT2D eigenvalue weighted by molar-refractivity contribution is -0.140. The Morgan fingerprint density at radius 2 is 2.11 bits per heavy atom. The number of hydrogen-bond acceptors (Lipinski definition) is 4. The second-order valence-corrected chi connectivity index (χ2v) is 6.30. The smallest absolute Gasteiger partial charge is 0.308 e. The highest BCUT2D eigenvalue weighted by atomic mass is 32.2. The minimum absolute atomic E-state index is 0.184. The van der Waals surface area contributed by atoms with Gasteiger partial charge < -0.3 is 10.0 Å². The molecule has 1 saturated heterocycles. The first-order valence-electron chi connectivity index (χ1n) is 5.96. The van der Waals surface area contributed by atoms with Crippen molar-refractivity contribution in [2.45, 2.75) is 11.3 Å². The Balaban J connectivity index is 2.35. The summed E-state index contributed by atoms with van der Waals surface area (Å²) in [5.41, 5.74) is 0.556. The fourth-order valence-electron chi connectivity index (χ4n) is 2.24. The van der Waals surface area contributed by atoms with Gasteiger partial charge in [-0.1, -0.05) is 12.1 Å². The third-order valence-electron chi connectivity index (χ3n) is 3.30. The molecule has 2 N–H and O–H groups in total. The predicted octanol–water partition coefficient (Wildman–Crippen LogP) is 0.506. The molecule has 0 saturated carbocycles. The largest absolute Gasteiger partial charge is 0.481 e. The summed E-state index contributed by atoms with van der Waals surface area (Å²) in [6.07, 6.45) is 0.531. The van der Waals surface area contributed by atoms with E-state index in [0.29, 0.717) is 25.2 Å². The molecular weight excluding hydrogens is 268 g/mol. The maximum Gasteiger partial charge on any atom is 0.308 e. The van der Waals surface area contributed by atoms with Crippen molar-refractivity contribution in [1.29, 1.82) is 0 Å². The first kappa shape index (κ1) is 13.8. The van der Waals surface area contributed by atoms with Crippen LogP contribution >= 0.6 is 0 Å². The number of hydrogen-bond donors (Lipinski definition) is 2. The number of carbonyl (C=O) groups is 1. The highest BCUT2D eigenvalue weighted by molar-refractivity contribution is 7.89. The highest BCUT2D eigenvalue weighted by Crippen LogP contribution is 2.29. The molecule has 0 bridgehead atoms. The Kier molecular flexibility index (Phi) is 3.77. The standard InChI is InChI=1S/C12H16N2O4S/c1-13-19(17,18)11-5-3-2-4-10(11)14-7-6-9(8-14)12(15)16/h2-5,9,13H,6-8H2,1H3,(H,15,16). The molecule has 0 spiro atoms. The van der Waals surface area contributed by atoms with E-state index in [4.69, 9.17) is 5.11 Å². The van der Waals surface area contributed by atoms with Crippen molar-refractivity contribution in [3.05, 3.63) is 24.3 Å². The van der Waals surface area contributed by atoms with E-state index >= 15 is 0 Å². The quantitative estimate of drug-likeness (QED) is 0.841. The van der Waals surface area contributed by atoms with Crippen molar-refractivity contribution in [2.75, 3.05) is 25.0 Å². The number of aliphatic carboxylic acids is 1. The molecule has 1 aliphatic rings. The van der Waals surface area contributed by atoms with E-state index in [1.807, 2.05) is 4.90 Å². The molecule has 0 aromatic heterocycles. The number of nitrogens with zero attached hydrogens (tertiary/aromatic N) is 1. The summed E-state index contributed by atoms with van der Waals surface area (Å²) in [6.45, 7) is 0.888. The van der Waals surface area contributed by atoms with Crippen LogP contribution < -0.4 is 9.62 Å². The predicted molar refractivity (Wildman–Crippen MR) is 70.6 cm³/mol. The minimum Gasteiger partial charge on any atom is -0.481 e. The van der Waals surface area contributed by atoms with Crippen molar-refractivity contribution in [2.24, 2.45) is 5.92 Å². The summed E-state index contributed by atoms with van der Waals surface area (Å²) in [5, 5.41) is 9.00. The zero-order chi connectivity index (χ0) is 14.0. The number of carboxylic acids is 1. The number of para-hydroxylation sites is 1. The van der Waals surface area contributed by atoms with Crippen LogP contribution in [-0.4, -0.2) is 39.6 Å². The number of sulfonamides is 1. The maximum absolute atomic E-state index is 11.9. The van der Waals surface area contributed by atoms with Crippen LogP contribution in [0.4, 0.5) is 5.69 Å². The van der Waals surface area contributed by atoms with Gasteiger partial charge in [-0.25, -0.2) is 13.1 Å². The topological polar surface area (TPSA) is 86.7 Å². The van der Waals surface area contributed by atoms with Crippen LogP contribution in [0.25, 0.3) is 0 Å². The molecule has 1 aliphatic heterocycles. The molecule has 1 heterocycles. The Morgan fingerprint density at radius 1 is 1.42 bits per heavy atom. The second kappa shape index (κ2) is 5.18. The molecule has 1 atom stereocenters. The maximum atomic E-state index is 11.9. The van der Waals surface area contributed by atoms with Crippen molar-refractivity contribution >= 4 is 21.7 Å². The summed E-state index contributed by atoms with van der Waals surface area (Å²) < 4.78 is 26.2. The number of carboxylic acid groups (broad SMARTS) is 1. The van der Waals surface area contributed by atoms with Crippen LogP contribution in [-0.2, 0) is 14.8 Å². The minimum atomic E-state index is -3.54. The van der Waals surface area contributed by atoms with Crippen molar-refractivity contribution < 1.29 is 18.3 Å². The molecule has 0 amide bonds. The van der Waals surface area contributed by atoms with Gasteiger partial charge in [0, 0.05) is 13.1 Å². The van der Waals surface area contributed by atoms with Gasteiger partial charge in [0.15, 0.2) is 0 Å². The molecule has 1 fully saturated rings. The van der Waals surface area contributed by atoms with Crippen LogP contribution in [0.5, 0.6) is 0 Å². The molecule has 0 radical (unpaired) electrons. The van der Waals surface area contributed by atoms with Gasteiger partial charge in [0.2, 0.25) is 10.0 Å². The van der Waals surface area contributed by atoms with E-state index in [2.05, 4.69) is 4.72 Å². The average Bonchev–Trinajstić information content (AvgIpc) is 2.88. The number of anilines is 1. The van der Waals surface area contributed by atoms with E-state index in [1.54, 1.807) is 18.2 Å². The summed E-state index contributed by atoms with van der Waals surface area (Å²) in [4.78, 5) is 13.0. The summed E-state index contributed by atoms with van der Waals surface area (Å²) in [7, 11) is -2.19. The van der Waals surface area contributed by atoms with Crippen LogP contribution in [0, 0.1) is 5.92 Å². The Hall–Kier alpha value is -1.60. The molecular formula is C12H16N2O4S. The third-order valence-corrected chi connectivity index (χ3v) is 4.76. The number of rotatable bonds is 4. The number of benzene rings is 1. The van der Waals surface area contributed by atoms with Gasteiger partial charge in [0.25, 0.3) is 0 Å². The van der Waals surface area contributed by atoms with Gasteiger partial charge in [0.1, 0.15) is 4.90 Å². The molecule has 1 aromatic rings. The summed E-state index contributed by atoms with van der Waals surface area (Å²) in [5.74, 6) is -1.28. The SMILES string of the molecule is CNS(=O)(=O)c1ccccc1N1CCC(C(=O)O)C1. The normalized spacial score (nSPS) is 19.6. The molecule has 0 aliphatic carbocycles. The van der Waals surface area contributed by atoms with Gasteiger partial charge in [-0.3, -0.25) is 4.79 Å². The van der Waals surface area contributed by atoms with Gasteiger partial charge in [-0.05, 0) is 25.6 Å². The van der Waals surface area contributed by atoms with E-state index in [-0.39, 0.29) is 4.90 Å². The first-order chi connectivity index (χ1) is 8.95. The van der Waals surface area contributed by atoms with E-state index < -0.39 is 21.9 Å². The zero-order valence-corrected chi connectivity index (χ0v) is 11.4. The van der Waals surface area contributed by atoms with E-state index in [1.165, 1.54) is 13.1 Å². The Labute approximate surface area is 112 Å². The average molecular weight is 284 g/mol. The Morgan fingerprint density at radius 3 is 2.68 bits per heavy atom. The fourth-order valence-corrected chi connectivity index (χ4v) is 3.19. The van der Waals surface area contributed by atoms with Crippen LogP contribution in [0.1, 0.15) is 6.42 Å². The van der Waals surface area contributed by atoms with Crippen LogP contribution in [0.3, 0.4) is 0 Å². The molecule has 6 nitrogen and oxygen atoms in total. The summed E-state index contributed by atoms with van der Waals surface area (Å²) >= 11 is 0. The van der Waals surface area contributed by atoms with Gasteiger partial charge >= 0.3 is 5.97 Å². The second-order valence-electron chi connectivity index (χ2n) is 4.45. The molecule has 1 aromatic carbocycles. The van der Waals surface area contributed by atoms with E-state index in [9.17, 15) is 13.2 Å². The van der Waals surface area contributed by atoms with Gasteiger partial charge in [-0.2, -0.15) is 0 Å². The highest BCUT2D eigenvalue weighted by Gasteiger charge is 2.30. The lowest BCUT2D eigenvalue weighted by Gasteiger charge is -2.21. The lowest BCUT2D eigenvalue weighted by atomic mass is 10.1. The van der Waals surface area contributed by atoms with E-state index in [0.717, 1.165) is 0 Å².